The molecule has 1 aromatic rings. The lowest BCUT2D eigenvalue weighted by Crippen LogP contribution is -2.43. The SMILES string of the molecule is Cc1cc(NC2(CO)CCCCC2)c(Br)cc1N. The minimum Gasteiger partial charge on any atom is -0.398 e. The molecular formula is C14H21BrN2O. The van der Waals surface area contributed by atoms with Crippen LogP contribution in [0.3, 0.4) is 0 Å². The second-order valence-corrected chi connectivity index (χ2v) is 6.17. The zero-order valence-corrected chi connectivity index (χ0v) is 12.4. The quantitative estimate of drug-likeness (QED) is 0.749. The smallest absolute Gasteiger partial charge is 0.0661 e. The second kappa shape index (κ2) is 5.49. The van der Waals surface area contributed by atoms with Crippen molar-refractivity contribution in [2.45, 2.75) is 44.6 Å². The number of nitrogens with one attached hydrogen (secondary N) is 1. The average Bonchev–Trinajstić information content (AvgIpc) is 2.37. The molecule has 1 aromatic carbocycles. The lowest BCUT2D eigenvalue weighted by Gasteiger charge is -2.37. The Kier molecular flexibility index (Phi) is 4.17. The summed E-state index contributed by atoms with van der Waals surface area (Å²) < 4.78 is 0.962. The highest BCUT2D eigenvalue weighted by Crippen LogP contribution is 2.35. The number of aryl methyl sites for hydroxylation is 1. The van der Waals surface area contributed by atoms with Crippen molar-refractivity contribution in [2.75, 3.05) is 17.7 Å². The summed E-state index contributed by atoms with van der Waals surface area (Å²) in [6.07, 6.45) is 5.68. The molecule has 0 amide bonds. The third kappa shape index (κ3) is 2.81. The Morgan fingerprint density at radius 2 is 2.00 bits per heavy atom. The van der Waals surface area contributed by atoms with Crippen molar-refractivity contribution in [3.63, 3.8) is 0 Å². The highest BCUT2D eigenvalue weighted by Gasteiger charge is 2.31. The first-order chi connectivity index (χ1) is 8.56. The van der Waals surface area contributed by atoms with Gasteiger partial charge < -0.3 is 16.2 Å². The third-order valence-electron chi connectivity index (χ3n) is 3.87. The standard InChI is InChI=1S/C14H21BrN2O/c1-10-7-13(11(15)8-12(10)16)17-14(9-18)5-3-2-4-6-14/h7-8,17-18H,2-6,9,16H2,1H3. The van der Waals surface area contributed by atoms with E-state index in [0.29, 0.717) is 0 Å². The van der Waals surface area contributed by atoms with Gasteiger partial charge in [-0.25, -0.2) is 0 Å². The molecule has 2 rings (SSSR count). The summed E-state index contributed by atoms with van der Waals surface area (Å²) in [6, 6.07) is 3.97. The van der Waals surface area contributed by atoms with Gasteiger partial charge in [0, 0.05) is 15.8 Å². The van der Waals surface area contributed by atoms with Crippen LogP contribution < -0.4 is 11.1 Å². The molecule has 0 unspecified atom stereocenters. The monoisotopic (exact) mass is 312 g/mol. The Morgan fingerprint density at radius 3 is 2.61 bits per heavy atom. The lowest BCUT2D eigenvalue weighted by molar-refractivity contribution is 0.173. The number of aliphatic hydroxyl groups is 1. The molecule has 0 spiro atoms. The zero-order valence-electron chi connectivity index (χ0n) is 10.8. The number of aliphatic hydroxyl groups excluding tert-OH is 1. The van der Waals surface area contributed by atoms with Crippen LogP contribution in [0.4, 0.5) is 11.4 Å². The first kappa shape index (κ1) is 13.7. The Hall–Kier alpha value is -0.740. The number of hydrogen-bond acceptors (Lipinski definition) is 3. The van der Waals surface area contributed by atoms with Gasteiger partial charge in [-0.2, -0.15) is 0 Å². The first-order valence-corrected chi connectivity index (χ1v) is 7.30. The van der Waals surface area contributed by atoms with Crippen LogP contribution in [0, 0.1) is 6.92 Å². The Labute approximate surface area is 117 Å². The molecule has 0 heterocycles. The fourth-order valence-corrected chi connectivity index (χ4v) is 3.09. The van der Waals surface area contributed by atoms with Gasteiger partial charge in [0.25, 0.3) is 0 Å². The fourth-order valence-electron chi connectivity index (χ4n) is 2.63. The van der Waals surface area contributed by atoms with Crippen molar-refractivity contribution in [3.8, 4) is 0 Å². The normalized spacial score (nSPS) is 18.6. The van der Waals surface area contributed by atoms with E-state index in [1.807, 2.05) is 19.1 Å². The minimum atomic E-state index is -0.163. The molecule has 4 N–H and O–H groups in total. The van der Waals surface area contributed by atoms with Gasteiger partial charge in [0.15, 0.2) is 0 Å². The van der Waals surface area contributed by atoms with Gasteiger partial charge in [0.05, 0.1) is 12.1 Å². The van der Waals surface area contributed by atoms with E-state index in [4.69, 9.17) is 5.73 Å². The van der Waals surface area contributed by atoms with E-state index in [9.17, 15) is 5.11 Å². The molecule has 3 nitrogen and oxygen atoms in total. The van der Waals surface area contributed by atoms with Crippen LogP contribution in [0.5, 0.6) is 0 Å². The summed E-state index contributed by atoms with van der Waals surface area (Å²) in [6.45, 7) is 2.18. The number of nitrogens with two attached hydrogens (primary N) is 1. The number of rotatable bonds is 3. The molecule has 1 aliphatic carbocycles. The zero-order chi connectivity index (χ0) is 13.2. The predicted molar refractivity (Wildman–Crippen MR) is 79.8 cm³/mol. The Balaban J connectivity index is 2.24. The summed E-state index contributed by atoms with van der Waals surface area (Å²) in [7, 11) is 0. The number of anilines is 2. The van der Waals surface area contributed by atoms with Gasteiger partial charge in [-0.05, 0) is 53.4 Å². The van der Waals surface area contributed by atoms with Gasteiger partial charge in [-0.1, -0.05) is 19.3 Å². The van der Waals surface area contributed by atoms with Gasteiger partial charge in [-0.15, -0.1) is 0 Å². The molecule has 0 radical (unpaired) electrons. The molecule has 0 bridgehead atoms. The molecule has 0 atom stereocenters. The van der Waals surface area contributed by atoms with Crippen LogP contribution in [-0.4, -0.2) is 17.3 Å². The average molecular weight is 313 g/mol. The number of nitrogen functional groups attached to an aromatic ring is 1. The van der Waals surface area contributed by atoms with Crippen LogP contribution in [-0.2, 0) is 0 Å². The summed E-state index contributed by atoms with van der Waals surface area (Å²) in [5.74, 6) is 0. The van der Waals surface area contributed by atoms with E-state index >= 15 is 0 Å². The summed E-state index contributed by atoms with van der Waals surface area (Å²) in [5, 5.41) is 13.2. The molecule has 100 valence electrons. The largest absolute Gasteiger partial charge is 0.398 e. The van der Waals surface area contributed by atoms with Crippen LogP contribution in [0.2, 0.25) is 0 Å². The minimum absolute atomic E-state index is 0.163. The summed E-state index contributed by atoms with van der Waals surface area (Å²) >= 11 is 3.54. The van der Waals surface area contributed by atoms with E-state index in [-0.39, 0.29) is 12.1 Å². The van der Waals surface area contributed by atoms with Crippen LogP contribution in [0.15, 0.2) is 16.6 Å². The van der Waals surface area contributed by atoms with Crippen molar-refractivity contribution < 1.29 is 5.11 Å². The summed E-state index contributed by atoms with van der Waals surface area (Å²) in [4.78, 5) is 0. The summed E-state index contributed by atoms with van der Waals surface area (Å²) in [5.41, 5.74) is 8.59. The number of benzene rings is 1. The Morgan fingerprint density at radius 1 is 1.33 bits per heavy atom. The van der Waals surface area contributed by atoms with Crippen LogP contribution in [0.25, 0.3) is 0 Å². The van der Waals surface area contributed by atoms with Gasteiger partial charge >= 0.3 is 0 Å². The van der Waals surface area contributed by atoms with E-state index < -0.39 is 0 Å². The molecule has 1 fully saturated rings. The molecule has 0 saturated heterocycles. The number of halogens is 1. The van der Waals surface area contributed by atoms with E-state index in [0.717, 1.165) is 34.3 Å². The van der Waals surface area contributed by atoms with Crippen molar-refractivity contribution in [2.24, 2.45) is 0 Å². The molecule has 1 aliphatic rings. The second-order valence-electron chi connectivity index (χ2n) is 5.31. The van der Waals surface area contributed by atoms with Gasteiger partial charge in [0.2, 0.25) is 0 Å². The number of hydrogen-bond donors (Lipinski definition) is 3. The molecule has 0 aromatic heterocycles. The molecule has 0 aliphatic heterocycles. The van der Waals surface area contributed by atoms with Crippen molar-refractivity contribution in [1.82, 2.24) is 0 Å². The van der Waals surface area contributed by atoms with Gasteiger partial charge in [0.1, 0.15) is 0 Å². The maximum atomic E-state index is 9.72. The van der Waals surface area contributed by atoms with E-state index in [2.05, 4.69) is 21.2 Å². The van der Waals surface area contributed by atoms with E-state index in [1.165, 1.54) is 19.3 Å². The maximum Gasteiger partial charge on any atom is 0.0661 e. The van der Waals surface area contributed by atoms with Crippen molar-refractivity contribution >= 4 is 27.3 Å². The van der Waals surface area contributed by atoms with Crippen molar-refractivity contribution in [1.29, 1.82) is 0 Å². The first-order valence-electron chi connectivity index (χ1n) is 6.51. The van der Waals surface area contributed by atoms with Crippen LogP contribution >= 0.6 is 15.9 Å². The highest BCUT2D eigenvalue weighted by atomic mass is 79.9. The van der Waals surface area contributed by atoms with Crippen LogP contribution in [0.1, 0.15) is 37.7 Å². The molecule has 1 saturated carbocycles. The predicted octanol–water partition coefficient (Wildman–Crippen LogP) is 3.45. The molecule has 4 heteroatoms. The lowest BCUT2D eigenvalue weighted by atomic mass is 9.82. The van der Waals surface area contributed by atoms with Crippen molar-refractivity contribution in [3.05, 3.63) is 22.2 Å². The molecule has 18 heavy (non-hydrogen) atoms. The Bertz CT molecular complexity index is 428. The third-order valence-corrected chi connectivity index (χ3v) is 4.52. The highest BCUT2D eigenvalue weighted by molar-refractivity contribution is 9.10. The maximum absolute atomic E-state index is 9.72. The van der Waals surface area contributed by atoms with E-state index in [1.54, 1.807) is 0 Å². The van der Waals surface area contributed by atoms with Gasteiger partial charge in [-0.3, -0.25) is 0 Å². The topological polar surface area (TPSA) is 58.3 Å². The fraction of sp³-hybridized carbons (Fsp3) is 0.571. The molecular weight excluding hydrogens is 292 g/mol.